The predicted octanol–water partition coefficient (Wildman–Crippen LogP) is 24.3. The van der Waals surface area contributed by atoms with Crippen molar-refractivity contribution in [1.29, 1.82) is 10.5 Å². The highest BCUT2D eigenvalue weighted by molar-refractivity contribution is 14.1. The Morgan fingerprint density at radius 2 is 0.807 bits per heavy atom. The number of alkyl halides is 4. The third-order valence-electron chi connectivity index (χ3n) is 15.5. The molecule has 22 nitrogen and oxygen atoms in total. The number of carboxylic acid groups (broad SMARTS) is 2. The first-order valence-corrected chi connectivity index (χ1v) is 48.8. The van der Waals surface area contributed by atoms with Gasteiger partial charge in [0.05, 0.1) is 94.0 Å². The number of aliphatic carboxylic acids is 1. The zero-order valence-electron chi connectivity index (χ0n) is 75.2. The van der Waals surface area contributed by atoms with Gasteiger partial charge in [-0.1, -0.05) is 76.4 Å². The Hall–Kier alpha value is -10.7. The molecule has 11 aromatic carbocycles. The average molecular weight is 2730 g/mol. The zero-order chi connectivity index (χ0) is 108. The molecule has 748 valence electrons. The molecule has 0 fully saturated rings. The minimum Gasteiger partial charge on any atom is -0.508 e. The van der Waals surface area contributed by atoms with Crippen LogP contribution in [0.25, 0.3) is 0 Å². The summed E-state index contributed by atoms with van der Waals surface area (Å²) in [4.78, 5) is 75.7. The normalized spacial score (nSPS) is 9.72. The smallest absolute Gasteiger partial charge is 0.508 e. The van der Waals surface area contributed by atoms with Gasteiger partial charge >= 0.3 is 57.4 Å². The number of esters is 5. The van der Waals surface area contributed by atoms with Crippen molar-refractivity contribution in [2.75, 3.05) is 39.8 Å². The number of phenolic OH excluding ortho intramolecular Hbond substituents is 3. The molecule has 0 atom stereocenters. The number of aryl methyl sites for hydroxylation is 1. The van der Waals surface area contributed by atoms with Crippen molar-refractivity contribution in [2.24, 2.45) is 0 Å². The first kappa shape index (κ1) is 129. The van der Waals surface area contributed by atoms with E-state index in [1.165, 1.54) is 84.7 Å². The lowest BCUT2D eigenvalue weighted by atomic mass is 10.1. The highest BCUT2D eigenvalue weighted by Crippen LogP contribution is 2.29. The van der Waals surface area contributed by atoms with Crippen molar-refractivity contribution in [3.05, 3.63) is 353 Å². The predicted molar refractivity (Wildman–Crippen MR) is 558 cm³/mol. The number of benzene rings is 11. The van der Waals surface area contributed by atoms with Crippen LogP contribution in [0.3, 0.4) is 0 Å². The number of methoxy groups -OCH3 is 1. The van der Waals surface area contributed by atoms with E-state index in [1.54, 1.807) is 76.4 Å². The number of carbonyl (C=O) groups is 7. The van der Waals surface area contributed by atoms with Gasteiger partial charge in [-0.2, -0.15) is 44.7 Å². The number of nitriles is 2. The van der Waals surface area contributed by atoms with Crippen LogP contribution in [0.2, 0.25) is 0 Å². The Morgan fingerprint density at radius 3 is 1.16 bits per heavy atom. The number of carbonyl (C=O) groups excluding carboxylic acids is 5. The zero-order valence-corrected chi connectivity index (χ0v) is 90.5. The third-order valence-corrected chi connectivity index (χ3v) is 21.2. The Kier molecular flexibility index (Phi) is 67.0. The third kappa shape index (κ3) is 55.5. The molecule has 11 rings (SSSR count). The summed E-state index contributed by atoms with van der Waals surface area (Å²) in [7, 11) is -4.50. The number of aromatic carboxylic acids is 1. The van der Waals surface area contributed by atoms with Crippen molar-refractivity contribution in [3.63, 3.8) is 0 Å². The number of carboxylic acids is 2. The summed E-state index contributed by atoms with van der Waals surface area (Å²) >= 11 is 19.3. The van der Waals surface area contributed by atoms with Crippen molar-refractivity contribution >= 4 is 216 Å². The minimum atomic E-state index is -5.89. The molecule has 0 radical (unpaired) electrons. The summed E-state index contributed by atoms with van der Waals surface area (Å²) in [5.74, 6) is -9.20. The van der Waals surface area contributed by atoms with E-state index in [0.29, 0.717) is 58.3 Å². The Labute approximate surface area is 897 Å². The SMILES string of the molecule is C#Cc1ccc(C(=O)OCC)c(F)c1.CCOC(=O)Cc1ccc(I)cc1F.CCOC(=O)Cc1ccc(O)cc1F.CCOC(=O)c1ccc(OS(=O)(=O)C(F)(F)F)cc1F.COC(=O)Cc1ccc(I)cc1.CS.Cc1ccc(I)cc1F.Fc1cc(I)ccc1CBr.N#CCc1ccc(I)cc1F.N#Cc1ccc(O)cc1F.O=C(O)Cc1ccc(I)cc1.O=C(O)c1ccc(O)cc1F.[3H]C#C. The average Bonchev–Trinajstić information content (AvgIpc) is 0.812. The molecule has 0 aromatic heterocycles. The van der Waals surface area contributed by atoms with Crippen molar-refractivity contribution in [3.8, 4) is 60.3 Å². The van der Waals surface area contributed by atoms with Gasteiger partial charge in [-0.15, -0.1) is 19.2 Å². The lowest BCUT2D eigenvalue weighted by Gasteiger charge is -2.10. The first-order valence-electron chi connectivity index (χ1n) is 39.4. The second kappa shape index (κ2) is 72.6. The number of terminal acetylenes is 2. The van der Waals surface area contributed by atoms with Crippen LogP contribution >= 0.6 is 164 Å². The number of phenols is 3. The number of ether oxygens (including phenoxy) is 5. The van der Waals surface area contributed by atoms with Crippen molar-refractivity contribution < 1.29 is 149 Å². The van der Waals surface area contributed by atoms with Gasteiger partial charge in [0.15, 0.2) is 0 Å². The highest BCUT2D eigenvalue weighted by Gasteiger charge is 2.48. The van der Waals surface area contributed by atoms with Crippen LogP contribution in [0.4, 0.5) is 52.7 Å². The van der Waals surface area contributed by atoms with Crippen LogP contribution < -0.4 is 4.18 Å². The van der Waals surface area contributed by atoms with E-state index in [4.69, 9.17) is 48.6 Å². The Bertz CT molecular complexity index is 6120. The lowest BCUT2D eigenvalue weighted by Crippen LogP contribution is -2.28. The molecular formula is C97H85BrF12I6N2O20S2. The molecule has 0 heterocycles. The van der Waals surface area contributed by atoms with E-state index >= 15 is 0 Å². The largest absolute Gasteiger partial charge is 0.534 e. The second-order valence-electron chi connectivity index (χ2n) is 25.5. The second-order valence-corrected chi connectivity index (χ2v) is 35.1. The lowest BCUT2D eigenvalue weighted by molar-refractivity contribution is -0.143. The van der Waals surface area contributed by atoms with Crippen molar-refractivity contribution in [2.45, 2.75) is 77.6 Å². The Morgan fingerprint density at radius 1 is 0.450 bits per heavy atom. The van der Waals surface area contributed by atoms with Gasteiger partial charge < -0.3 is 53.4 Å². The molecule has 0 aliphatic heterocycles. The van der Waals surface area contributed by atoms with Crippen LogP contribution in [0.1, 0.15) is 110 Å². The van der Waals surface area contributed by atoms with Gasteiger partial charge in [-0.05, 0) is 343 Å². The Balaban J connectivity index is 0. The van der Waals surface area contributed by atoms with E-state index in [1.807, 2.05) is 112 Å². The number of nitrogens with zero attached hydrogens (tertiary/aromatic N) is 2. The molecule has 0 bridgehead atoms. The molecule has 11 aromatic rings. The molecule has 0 aliphatic carbocycles. The maximum atomic E-state index is 13.4. The van der Waals surface area contributed by atoms with Crippen LogP contribution in [-0.2, 0) is 90.4 Å². The summed E-state index contributed by atoms with van der Waals surface area (Å²) in [5.41, 5.74) is -2.07. The molecule has 0 aliphatic rings. The van der Waals surface area contributed by atoms with Crippen molar-refractivity contribution in [1.82, 2.24) is 0 Å². The molecule has 0 saturated heterocycles. The topological polar surface area (TPSA) is 358 Å². The molecular weight excluding hydrogens is 2650 g/mol. The summed E-state index contributed by atoms with van der Waals surface area (Å²) in [6.07, 6.45) is 13.0. The maximum Gasteiger partial charge on any atom is 0.534 e. The van der Waals surface area contributed by atoms with Crippen LogP contribution in [0.15, 0.2) is 212 Å². The molecule has 43 heteroatoms. The van der Waals surface area contributed by atoms with Gasteiger partial charge in [-0.3, -0.25) is 19.2 Å². The van der Waals surface area contributed by atoms with Gasteiger partial charge in [0.2, 0.25) is 0 Å². The summed E-state index contributed by atoms with van der Waals surface area (Å²) < 4.78 is 212. The molecule has 0 unspecified atom stereocenters. The van der Waals surface area contributed by atoms with Crippen LogP contribution in [-0.4, -0.2) is 121 Å². The molecule has 0 amide bonds. The van der Waals surface area contributed by atoms with Gasteiger partial charge in [0.25, 0.3) is 0 Å². The summed E-state index contributed by atoms with van der Waals surface area (Å²) in [6.45, 7) is 9.09. The summed E-state index contributed by atoms with van der Waals surface area (Å²) in [6, 6.07) is 54.5. The fourth-order valence-electron chi connectivity index (χ4n) is 8.99. The highest BCUT2D eigenvalue weighted by atomic mass is 127. The quantitative estimate of drug-likeness (QED) is 0.00504. The number of aromatic hydroxyl groups is 3. The fraction of sp³-hybridized carbons (Fsp3) is 0.186. The molecule has 140 heavy (non-hydrogen) atoms. The molecule has 0 spiro atoms. The number of hydrogen-bond acceptors (Lipinski definition) is 21. The monoisotopic (exact) mass is 2730 g/mol. The molecule has 0 saturated carbocycles. The number of hydrogen-bond donors (Lipinski definition) is 6. The number of thiol groups is 1. The minimum absolute atomic E-state index is 0.00338. The number of halogens is 19. The van der Waals surface area contributed by atoms with Gasteiger partial charge in [0.1, 0.15) is 82.8 Å². The van der Waals surface area contributed by atoms with Gasteiger partial charge in [0, 0.05) is 62.1 Å². The van der Waals surface area contributed by atoms with Gasteiger partial charge in [-0.25, -0.2) is 53.9 Å². The van der Waals surface area contributed by atoms with E-state index in [9.17, 15) is 94.7 Å². The van der Waals surface area contributed by atoms with E-state index < -0.39 is 97.4 Å². The molecule has 5 N–H and O–H groups in total. The summed E-state index contributed by atoms with van der Waals surface area (Å²) in [5, 5.41) is 60.2. The van der Waals surface area contributed by atoms with E-state index in [0.717, 1.165) is 71.4 Å². The first-order chi connectivity index (χ1) is 66.4. The van der Waals surface area contributed by atoms with Crippen LogP contribution in [0, 0.1) is 129 Å². The van der Waals surface area contributed by atoms with E-state index in [2.05, 4.69) is 154 Å². The standard InChI is InChI=1S/C11H9FO2.C10H8F4O5S.C10H10FIO2.C10H11FO3.C9H9IO2.C8H5FIN.C8H7IO2.C7H5BrFI.C7H6FI.C7H4FNO.C7H5FO3.C2H2.CH4S/c1-3-8-5-6-9(10(12)7-8)11(13)14-4-2;1-2-18-9(15)7-4-3-6(5-8(7)11)19-20(16,17)10(12,13)14;2*1-2-14-10(13)5-7-3-4-8(12)6-9(7)11;1-12-9(11)6-7-2-4-8(10)5-3-7;9-8-5-7(10)2-1-6(8)3-4-11;9-7-3-1-6(2-4-7)5-8(10)11;8-4-5-1-2-6(10)3-7(5)9;1-5-2-3-6(9)4-7(5)8;8-7-3-6(10)2-1-5(7)4-9;8-6-3-4(9)1-2-5(6)7(10)11;2*1-2/h1,5-7H,4H2,2H3;3-5H,2H2,1H3;3-4,6H,2,5H2,1H3;3-4,6,12H,2,5H2,1H3;2-5H,6H2,1H3;1-2,5H,3H2;1-4H,5H2,(H,10,11);1-3H,4H2;2-4H,1H3;1-3,10H;1-3,9H,(H,10,11);1-2H;2H,1H3/i;;;;;;;;;;;1T;. The number of rotatable bonds is 19. The fourth-order valence-corrected chi connectivity index (χ4v) is 12.4. The van der Waals surface area contributed by atoms with Crippen LogP contribution in [0.5, 0.6) is 23.0 Å². The van der Waals surface area contributed by atoms with E-state index in [-0.39, 0.29) is 109 Å². The maximum absolute atomic E-state index is 13.4.